The normalized spacial score (nSPS) is 18.3. The molecule has 1 fully saturated rings. The summed E-state index contributed by atoms with van der Waals surface area (Å²) in [5.74, 6) is 1.16. The van der Waals surface area contributed by atoms with Gasteiger partial charge < -0.3 is 14.7 Å². The minimum Gasteiger partial charge on any atom is -0.491 e. The van der Waals surface area contributed by atoms with E-state index in [2.05, 4.69) is 0 Å². The molecule has 5 heteroatoms. The molecule has 1 aliphatic heterocycles. The molecular formula is C15H20ClNO3. The summed E-state index contributed by atoms with van der Waals surface area (Å²) in [5, 5.41) is 9.47. The van der Waals surface area contributed by atoms with Crippen molar-refractivity contribution < 1.29 is 14.6 Å². The van der Waals surface area contributed by atoms with Crippen molar-refractivity contribution in [2.45, 2.75) is 19.3 Å². The molecule has 1 aliphatic rings. The van der Waals surface area contributed by atoms with Gasteiger partial charge in [0.25, 0.3) is 0 Å². The third-order valence-electron chi connectivity index (χ3n) is 3.59. The second kappa shape index (κ2) is 7.50. The standard InChI is InChI=1S/C15H20ClNO3/c16-13-3-1-2-4-14(13)20-10-7-15(19)17-8-5-12(11-17)6-9-18/h1-4,12,18H,5-11H2. The van der Waals surface area contributed by atoms with Crippen LogP contribution in [0.1, 0.15) is 19.3 Å². The number of carbonyl (C=O) groups excluding carboxylic acids is 1. The predicted molar refractivity (Wildman–Crippen MR) is 78.0 cm³/mol. The summed E-state index contributed by atoms with van der Waals surface area (Å²) < 4.78 is 5.52. The van der Waals surface area contributed by atoms with Crippen molar-refractivity contribution in [1.82, 2.24) is 4.90 Å². The molecule has 1 amide bonds. The van der Waals surface area contributed by atoms with Crippen LogP contribution < -0.4 is 4.74 Å². The fourth-order valence-corrected chi connectivity index (χ4v) is 2.64. The maximum absolute atomic E-state index is 12.0. The Morgan fingerprint density at radius 3 is 3.00 bits per heavy atom. The number of hydrogen-bond donors (Lipinski definition) is 1. The molecule has 0 radical (unpaired) electrons. The first kappa shape index (κ1) is 15.1. The quantitative estimate of drug-likeness (QED) is 0.877. The number of likely N-dealkylation sites (tertiary alicyclic amines) is 1. The third kappa shape index (κ3) is 4.12. The van der Waals surface area contributed by atoms with E-state index in [-0.39, 0.29) is 12.5 Å². The van der Waals surface area contributed by atoms with Crippen molar-refractivity contribution in [1.29, 1.82) is 0 Å². The Bertz CT molecular complexity index is 452. The van der Waals surface area contributed by atoms with Crippen LogP contribution in [0.25, 0.3) is 0 Å². The molecule has 1 heterocycles. The zero-order chi connectivity index (χ0) is 14.4. The van der Waals surface area contributed by atoms with E-state index in [1.54, 1.807) is 12.1 Å². The molecule has 4 nitrogen and oxygen atoms in total. The molecule has 2 rings (SSSR count). The lowest BCUT2D eigenvalue weighted by atomic mass is 10.1. The largest absolute Gasteiger partial charge is 0.491 e. The number of benzene rings is 1. The van der Waals surface area contributed by atoms with E-state index in [4.69, 9.17) is 21.4 Å². The Kier molecular flexibility index (Phi) is 5.68. The van der Waals surface area contributed by atoms with Gasteiger partial charge in [0.05, 0.1) is 18.1 Å². The fourth-order valence-electron chi connectivity index (χ4n) is 2.45. The second-order valence-corrected chi connectivity index (χ2v) is 5.44. The van der Waals surface area contributed by atoms with Crippen LogP contribution in [0.5, 0.6) is 5.75 Å². The van der Waals surface area contributed by atoms with Gasteiger partial charge >= 0.3 is 0 Å². The minimum absolute atomic E-state index is 0.109. The number of para-hydroxylation sites is 1. The SMILES string of the molecule is O=C(CCOc1ccccc1Cl)N1CCC(CCO)C1. The lowest BCUT2D eigenvalue weighted by molar-refractivity contribution is -0.130. The summed E-state index contributed by atoms with van der Waals surface area (Å²) in [6, 6.07) is 7.24. The fraction of sp³-hybridized carbons (Fsp3) is 0.533. The van der Waals surface area contributed by atoms with Crippen LogP contribution in [0.15, 0.2) is 24.3 Å². The zero-order valence-corrected chi connectivity index (χ0v) is 12.2. The lowest BCUT2D eigenvalue weighted by Crippen LogP contribution is -2.29. The number of aliphatic hydroxyl groups is 1. The van der Waals surface area contributed by atoms with Crippen molar-refractivity contribution in [3.8, 4) is 5.75 Å². The smallest absolute Gasteiger partial charge is 0.226 e. The molecule has 1 aromatic carbocycles. The van der Waals surface area contributed by atoms with E-state index in [0.29, 0.717) is 29.7 Å². The van der Waals surface area contributed by atoms with Gasteiger partial charge in [-0.1, -0.05) is 23.7 Å². The van der Waals surface area contributed by atoms with E-state index >= 15 is 0 Å². The van der Waals surface area contributed by atoms with Gasteiger partial charge in [0, 0.05) is 19.7 Å². The molecular weight excluding hydrogens is 278 g/mol. The average molecular weight is 298 g/mol. The Hall–Kier alpha value is -1.26. The van der Waals surface area contributed by atoms with Crippen LogP contribution in [-0.2, 0) is 4.79 Å². The van der Waals surface area contributed by atoms with E-state index in [1.807, 2.05) is 17.0 Å². The van der Waals surface area contributed by atoms with Crippen molar-refractivity contribution in [3.05, 3.63) is 29.3 Å². The highest BCUT2D eigenvalue weighted by atomic mass is 35.5. The highest BCUT2D eigenvalue weighted by Gasteiger charge is 2.25. The maximum Gasteiger partial charge on any atom is 0.226 e. The molecule has 0 aliphatic carbocycles. The summed E-state index contributed by atoms with van der Waals surface area (Å²) in [7, 11) is 0. The first-order chi connectivity index (χ1) is 9.70. The first-order valence-electron chi connectivity index (χ1n) is 6.96. The summed E-state index contributed by atoms with van der Waals surface area (Å²) in [6.07, 6.45) is 2.12. The van der Waals surface area contributed by atoms with Gasteiger partial charge in [-0.25, -0.2) is 0 Å². The molecule has 0 spiro atoms. The second-order valence-electron chi connectivity index (χ2n) is 5.04. The number of amides is 1. The van der Waals surface area contributed by atoms with Crippen molar-refractivity contribution in [2.24, 2.45) is 5.92 Å². The molecule has 1 unspecified atom stereocenters. The number of halogens is 1. The van der Waals surface area contributed by atoms with E-state index in [0.717, 1.165) is 25.9 Å². The number of nitrogens with zero attached hydrogens (tertiary/aromatic N) is 1. The number of hydrogen-bond acceptors (Lipinski definition) is 3. The van der Waals surface area contributed by atoms with Crippen LogP contribution in [0, 0.1) is 5.92 Å². The zero-order valence-electron chi connectivity index (χ0n) is 11.4. The molecule has 0 saturated carbocycles. The summed E-state index contributed by atoms with van der Waals surface area (Å²) in [6.45, 7) is 2.08. The number of ether oxygens (including phenoxy) is 1. The average Bonchev–Trinajstić information content (AvgIpc) is 2.90. The van der Waals surface area contributed by atoms with Gasteiger partial charge in [-0.3, -0.25) is 4.79 Å². The Labute approximate surface area is 124 Å². The van der Waals surface area contributed by atoms with Crippen molar-refractivity contribution in [3.63, 3.8) is 0 Å². The van der Waals surface area contributed by atoms with Gasteiger partial charge in [-0.2, -0.15) is 0 Å². The molecule has 1 aromatic rings. The first-order valence-corrected chi connectivity index (χ1v) is 7.34. The van der Waals surface area contributed by atoms with Gasteiger partial charge in [-0.05, 0) is 30.9 Å². The van der Waals surface area contributed by atoms with Gasteiger partial charge in [0.15, 0.2) is 0 Å². The van der Waals surface area contributed by atoms with E-state index in [1.165, 1.54) is 0 Å². The molecule has 20 heavy (non-hydrogen) atoms. The van der Waals surface area contributed by atoms with Crippen molar-refractivity contribution >= 4 is 17.5 Å². The molecule has 0 aromatic heterocycles. The highest BCUT2D eigenvalue weighted by molar-refractivity contribution is 6.32. The van der Waals surface area contributed by atoms with Crippen LogP contribution in [0.2, 0.25) is 5.02 Å². The number of aliphatic hydroxyl groups excluding tert-OH is 1. The monoisotopic (exact) mass is 297 g/mol. The number of rotatable bonds is 6. The van der Waals surface area contributed by atoms with Gasteiger partial charge in [0.1, 0.15) is 5.75 Å². The van der Waals surface area contributed by atoms with E-state index in [9.17, 15) is 4.79 Å². The van der Waals surface area contributed by atoms with Gasteiger partial charge in [-0.15, -0.1) is 0 Å². The minimum atomic E-state index is 0.109. The van der Waals surface area contributed by atoms with E-state index < -0.39 is 0 Å². The Morgan fingerprint density at radius 1 is 1.45 bits per heavy atom. The third-order valence-corrected chi connectivity index (χ3v) is 3.90. The van der Waals surface area contributed by atoms with Crippen LogP contribution >= 0.6 is 11.6 Å². The Balaban J connectivity index is 1.72. The molecule has 0 bridgehead atoms. The van der Waals surface area contributed by atoms with Crippen LogP contribution in [0.3, 0.4) is 0 Å². The highest BCUT2D eigenvalue weighted by Crippen LogP contribution is 2.23. The molecule has 110 valence electrons. The van der Waals surface area contributed by atoms with Crippen molar-refractivity contribution in [2.75, 3.05) is 26.3 Å². The molecule has 1 saturated heterocycles. The van der Waals surface area contributed by atoms with Crippen LogP contribution in [-0.4, -0.2) is 42.2 Å². The maximum atomic E-state index is 12.0. The van der Waals surface area contributed by atoms with Crippen LogP contribution in [0.4, 0.5) is 0 Å². The molecule has 1 atom stereocenters. The Morgan fingerprint density at radius 2 is 2.25 bits per heavy atom. The topological polar surface area (TPSA) is 49.8 Å². The summed E-state index contributed by atoms with van der Waals surface area (Å²) in [5.41, 5.74) is 0. The van der Waals surface area contributed by atoms with Gasteiger partial charge in [0.2, 0.25) is 5.91 Å². The summed E-state index contributed by atoms with van der Waals surface area (Å²) >= 11 is 5.98. The predicted octanol–water partition coefficient (Wildman–Crippen LogP) is 2.34. The summed E-state index contributed by atoms with van der Waals surface area (Å²) in [4.78, 5) is 13.9. The lowest BCUT2D eigenvalue weighted by Gasteiger charge is -2.16. The number of carbonyl (C=O) groups is 1. The molecule has 1 N–H and O–H groups in total.